The number of ether oxygens (including phenoxy) is 1. The highest BCUT2D eigenvalue weighted by Crippen LogP contribution is 2.15. The van der Waals surface area contributed by atoms with Crippen LogP contribution in [0, 0.1) is 0 Å². The highest BCUT2D eigenvalue weighted by atomic mass is 16.5. The summed E-state index contributed by atoms with van der Waals surface area (Å²) in [6.07, 6.45) is -0.564. The third-order valence-corrected chi connectivity index (χ3v) is 2.85. The van der Waals surface area contributed by atoms with Gasteiger partial charge in [-0.1, -0.05) is 36.4 Å². The Bertz CT molecular complexity index is 644. The van der Waals surface area contributed by atoms with Crippen LogP contribution >= 0.6 is 0 Å². The summed E-state index contributed by atoms with van der Waals surface area (Å²) in [4.78, 5) is 23.0. The molecule has 2 aromatic carbocycles. The number of carbonyl (C=O) groups is 2. The SMILES string of the molecule is COC(=O)Nc1cccc(NC(=O)NCc2ccccc2)c1. The normalized spacial score (nSPS) is 9.68. The van der Waals surface area contributed by atoms with E-state index in [1.54, 1.807) is 24.3 Å². The van der Waals surface area contributed by atoms with Crippen molar-refractivity contribution in [2.45, 2.75) is 6.54 Å². The molecule has 22 heavy (non-hydrogen) atoms. The van der Waals surface area contributed by atoms with E-state index >= 15 is 0 Å². The van der Waals surface area contributed by atoms with Gasteiger partial charge in [-0.25, -0.2) is 9.59 Å². The van der Waals surface area contributed by atoms with Gasteiger partial charge in [0.05, 0.1) is 7.11 Å². The summed E-state index contributed by atoms with van der Waals surface area (Å²) in [5.41, 5.74) is 2.12. The van der Waals surface area contributed by atoms with Crippen molar-refractivity contribution in [1.82, 2.24) is 5.32 Å². The summed E-state index contributed by atoms with van der Waals surface area (Å²) in [5, 5.41) is 7.99. The zero-order valence-corrected chi connectivity index (χ0v) is 12.1. The Hall–Kier alpha value is -3.02. The third-order valence-electron chi connectivity index (χ3n) is 2.85. The average molecular weight is 299 g/mol. The second-order valence-electron chi connectivity index (χ2n) is 4.49. The number of benzene rings is 2. The molecule has 0 bridgehead atoms. The molecule has 0 aliphatic rings. The van der Waals surface area contributed by atoms with Gasteiger partial charge in [0.1, 0.15) is 0 Å². The Morgan fingerprint density at radius 2 is 1.64 bits per heavy atom. The average Bonchev–Trinajstić information content (AvgIpc) is 2.54. The molecule has 0 aliphatic heterocycles. The number of urea groups is 1. The number of hydrogen-bond acceptors (Lipinski definition) is 3. The van der Waals surface area contributed by atoms with Crippen LogP contribution in [0.15, 0.2) is 54.6 Å². The Labute approximate surface area is 128 Å². The van der Waals surface area contributed by atoms with E-state index in [-0.39, 0.29) is 6.03 Å². The number of nitrogens with one attached hydrogen (secondary N) is 3. The van der Waals surface area contributed by atoms with Crippen LogP contribution < -0.4 is 16.0 Å². The first-order valence-corrected chi connectivity index (χ1v) is 6.71. The van der Waals surface area contributed by atoms with Crippen LogP contribution in [0.1, 0.15) is 5.56 Å². The minimum absolute atomic E-state index is 0.320. The molecule has 0 saturated heterocycles. The summed E-state index contributed by atoms with van der Waals surface area (Å²) in [6.45, 7) is 0.437. The smallest absolute Gasteiger partial charge is 0.411 e. The molecule has 0 spiro atoms. The predicted octanol–water partition coefficient (Wildman–Crippen LogP) is 3.19. The van der Waals surface area contributed by atoms with E-state index in [4.69, 9.17) is 0 Å². The van der Waals surface area contributed by atoms with Crippen LogP contribution in [0.5, 0.6) is 0 Å². The summed E-state index contributed by atoms with van der Waals surface area (Å²) < 4.78 is 4.51. The lowest BCUT2D eigenvalue weighted by molar-refractivity contribution is 0.187. The molecule has 0 unspecified atom stereocenters. The minimum atomic E-state index is -0.564. The molecule has 0 atom stereocenters. The lowest BCUT2D eigenvalue weighted by atomic mass is 10.2. The Morgan fingerprint density at radius 1 is 0.955 bits per heavy atom. The standard InChI is InChI=1S/C16H17N3O3/c1-22-16(21)19-14-9-5-8-13(10-14)18-15(20)17-11-12-6-3-2-4-7-12/h2-10H,11H2,1H3,(H,19,21)(H2,17,18,20). The van der Waals surface area contributed by atoms with Crippen molar-refractivity contribution >= 4 is 23.5 Å². The summed E-state index contributed by atoms with van der Waals surface area (Å²) >= 11 is 0. The molecule has 3 N–H and O–H groups in total. The molecule has 0 aliphatic carbocycles. The number of amides is 3. The highest BCUT2D eigenvalue weighted by molar-refractivity contribution is 5.91. The van der Waals surface area contributed by atoms with Crippen LogP contribution in [-0.2, 0) is 11.3 Å². The van der Waals surface area contributed by atoms with E-state index in [0.29, 0.717) is 17.9 Å². The maximum absolute atomic E-state index is 11.8. The van der Waals surface area contributed by atoms with Gasteiger partial charge in [-0.2, -0.15) is 0 Å². The third kappa shape index (κ3) is 4.82. The second-order valence-corrected chi connectivity index (χ2v) is 4.49. The van der Waals surface area contributed by atoms with E-state index in [0.717, 1.165) is 5.56 Å². The molecule has 6 heteroatoms. The lowest BCUT2D eigenvalue weighted by Gasteiger charge is -2.09. The van der Waals surface area contributed by atoms with E-state index in [2.05, 4.69) is 20.7 Å². The monoisotopic (exact) mass is 299 g/mol. The lowest BCUT2D eigenvalue weighted by Crippen LogP contribution is -2.28. The van der Waals surface area contributed by atoms with E-state index in [1.165, 1.54) is 7.11 Å². The topological polar surface area (TPSA) is 79.5 Å². The van der Waals surface area contributed by atoms with Crippen LogP contribution in [0.3, 0.4) is 0 Å². The number of hydrogen-bond donors (Lipinski definition) is 3. The molecule has 0 saturated carbocycles. The number of methoxy groups -OCH3 is 1. The van der Waals surface area contributed by atoms with Gasteiger partial charge in [0, 0.05) is 17.9 Å². The molecule has 0 aromatic heterocycles. The Morgan fingerprint density at radius 3 is 2.32 bits per heavy atom. The first-order valence-electron chi connectivity index (χ1n) is 6.71. The summed E-state index contributed by atoms with van der Waals surface area (Å²) in [5.74, 6) is 0. The predicted molar refractivity (Wildman–Crippen MR) is 84.8 cm³/mol. The molecule has 6 nitrogen and oxygen atoms in total. The number of carbonyl (C=O) groups excluding carboxylic acids is 2. The zero-order valence-electron chi connectivity index (χ0n) is 12.1. The fourth-order valence-corrected chi connectivity index (χ4v) is 1.80. The molecule has 0 heterocycles. The van der Waals surface area contributed by atoms with E-state index in [1.807, 2.05) is 30.3 Å². The van der Waals surface area contributed by atoms with E-state index < -0.39 is 6.09 Å². The van der Waals surface area contributed by atoms with Gasteiger partial charge in [0.2, 0.25) is 0 Å². The van der Waals surface area contributed by atoms with Gasteiger partial charge in [-0.15, -0.1) is 0 Å². The van der Waals surface area contributed by atoms with Crippen molar-refractivity contribution in [1.29, 1.82) is 0 Å². The fraction of sp³-hybridized carbons (Fsp3) is 0.125. The van der Waals surface area contributed by atoms with Crippen LogP contribution in [-0.4, -0.2) is 19.2 Å². The summed E-state index contributed by atoms with van der Waals surface area (Å²) in [6, 6.07) is 16.1. The van der Waals surface area contributed by atoms with Gasteiger partial charge in [0.25, 0.3) is 0 Å². The van der Waals surface area contributed by atoms with Gasteiger partial charge < -0.3 is 15.4 Å². The quantitative estimate of drug-likeness (QED) is 0.811. The first-order chi connectivity index (χ1) is 10.7. The Balaban J connectivity index is 1.88. The van der Waals surface area contributed by atoms with E-state index in [9.17, 15) is 9.59 Å². The fourth-order valence-electron chi connectivity index (χ4n) is 1.80. The first kappa shape index (κ1) is 15.4. The summed E-state index contributed by atoms with van der Waals surface area (Å²) in [7, 11) is 1.29. The van der Waals surface area contributed by atoms with Gasteiger partial charge in [-0.05, 0) is 23.8 Å². The molecule has 0 radical (unpaired) electrons. The van der Waals surface area contributed by atoms with Crippen LogP contribution in [0.25, 0.3) is 0 Å². The van der Waals surface area contributed by atoms with Crippen molar-refractivity contribution in [2.24, 2.45) is 0 Å². The zero-order chi connectivity index (χ0) is 15.8. The number of anilines is 2. The molecular weight excluding hydrogens is 282 g/mol. The van der Waals surface area contributed by atoms with Gasteiger partial charge in [-0.3, -0.25) is 5.32 Å². The van der Waals surface area contributed by atoms with Crippen LogP contribution in [0.2, 0.25) is 0 Å². The number of rotatable bonds is 4. The molecule has 2 rings (SSSR count). The van der Waals surface area contributed by atoms with Crippen molar-refractivity contribution in [2.75, 3.05) is 17.7 Å². The van der Waals surface area contributed by atoms with Gasteiger partial charge in [0.15, 0.2) is 0 Å². The second kappa shape index (κ2) is 7.68. The van der Waals surface area contributed by atoms with Crippen molar-refractivity contribution < 1.29 is 14.3 Å². The molecule has 3 amide bonds. The highest BCUT2D eigenvalue weighted by Gasteiger charge is 2.04. The van der Waals surface area contributed by atoms with Crippen molar-refractivity contribution in [3.63, 3.8) is 0 Å². The minimum Gasteiger partial charge on any atom is -0.453 e. The van der Waals surface area contributed by atoms with Crippen molar-refractivity contribution in [3.05, 3.63) is 60.2 Å². The van der Waals surface area contributed by atoms with Crippen LogP contribution in [0.4, 0.5) is 21.0 Å². The maximum atomic E-state index is 11.8. The molecule has 2 aromatic rings. The maximum Gasteiger partial charge on any atom is 0.411 e. The van der Waals surface area contributed by atoms with Gasteiger partial charge >= 0.3 is 12.1 Å². The molecule has 114 valence electrons. The molecular formula is C16H17N3O3. The Kier molecular flexibility index (Phi) is 5.37. The largest absolute Gasteiger partial charge is 0.453 e. The van der Waals surface area contributed by atoms with Crippen molar-refractivity contribution in [3.8, 4) is 0 Å². The molecule has 0 fully saturated rings.